The Morgan fingerprint density at radius 1 is 1.00 bits per heavy atom. The molecular formula is C13H7BrCl3NO. The van der Waals surface area contributed by atoms with E-state index < -0.39 is 0 Å². The van der Waals surface area contributed by atoms with Crippen LogP contribution in [0.4, 0.5) is 5.69 Å². The number of hydrogen-bond acceptors (Lipinski definition) is 2. The van der Waals surface area contributed by atoms with E-state index >= 15 is 0 Å². The third-order valence-electron chi connectivity index (χ3n) is 2.31. The van der Waals surface area contributed by atoms with Gasteiger partial charge in [0.15, 0.2) is 0 Å². The lowest BCUT2D eigenvalue weighted by Gasteiger charge is -2.03. The summed E-state index contributed by atoms with van der Waals surface area (Å²) < 4.78 is 0.755. The van der Waals surface area contributed by atoms with E-state index in [4.69, 9.17) is 34.8 Å². The van der Waals surface area contributed by atoms with E-state index in [0.717, 1.165) is 4.47 Å². The van der Waals surface area contributed by atoms with Crippen LogP contribution in [0.3, 0.4) is 0 Å². The summed E-state index contributed by atoms with van der Waals surface area (Å²) in [5.74, 6) is -0.0197. The molecule has 0 atom stereocenters. The number of phenolic OH excluding ortho intramolecular Hbond substituents is 1. The summed E-state index contributed by atoms with van der Waals surface area (Å²) in [6, 6.07) is 8.33. The van der Waals surface area contributed by atoms with Gasteiger partial charge in [-0.25, -0.2) is 0 Å². The number of aromatic hydroxyl groups is 1. The molecule has 0 saturated carbocycles. The largest absolute Gasteiger partial charge is 0.506 e. The van der Waals surface area contributed by atoms with Crippen LogP contribution < -0.4 is 0 Å². The molecule has 19 heavy (non-hydrogen) atoms. The molecule has 6 heteroatoms. The minimum atomic E-state index is -0.0197. The van der Waals surface area contributed by atoms with Crippen LogP contribution in [0.5, 0.6) is 5.75 Å². The minimum absolute atomic E-state index is 0.0197. The summed E-state index contributed by atoms with van der Waals surface area (Å²) in [7, 11) is 0. The van der Waals surface area contributed by atoms with E-state index in [0.29, 0.717) is 21.3 Å². The fourth-order valence-electron chi connectivity index (χ4n) is 1.39. The lowest BCUT2D eigenvalue weighted by atomic mass is 10.2. The molecule has 0 aliphatic carbocycles. The standard InChI is InChI=1S/C13H7BrCl3NO/c14-8-3-7(13(19)12(17)4-8)6-18-9-1-2-10(15)11(16)5-9/h1-6,19H. The van der Waals surface area contributed by atoms with E-state index in [1.807, 2.05) is 0 Å². The predicted octanol–water partition coefficient (Wildman–Crippen LogP) is 5.87. The SMILES string of the molecule is Oc1c(Cl)cc(Br)cc1C=Nc1ccc(Cl)c(Cl)c1. The van der Waals surface area contributed by atoms with Crippen molar-refractivity contribution in [2.75, 3.05) is 0 Å². The Labute approximate surface area is 133 Å². The highest BCUT2D eigenvalue weighted by Crippen LogP contribution is 2.31. The van der Waals surface area contributed by atoms with Crippen LogP contribution in [0.25, 0.3) is 0 Å². The molecule has 98 valence electrons. The first kappa shape index (κ1) is 14.7. The van der Waals surface area contributed by atoms with Gasteiger partial charge in [0, 0.05) is 16.3 Å². The molecule has 0 unspecified atom stereocenters. The van der Waals surface area contributed by atoms with Gasteiger partial charge in [-0.2, -0.15) is 0 Å². The molecule has 0 heterocycles. The van der Waals surface area contributed by atoms with Gasteiger partial charge in [0.1, 0.15) is 5.75 Å². The lowest BCUT2D eigenvalue weighted by molar-refractivity contribution is 0.474. The Bertz CT molecular complexity index is 659. The van der Waals surface area contributed by atoms with Crippen LogP contribution in [-0.2, 0) is 0 Å². The number of phenols is 1. The first-order valence-electron chi connectivity index (χ1n) is 5.14. The summed E-state index contributed by atoms with van der Waals surface area (Å²) in [4.78, 5) is 4.21. The van der Waals surface area contributed by atoms with Crippen molar-refractivity contribution in [1.82, 2.24) is 0 Å². The Morgan fingerprint density at radius 3 is 2.42 bits per heavy atom. The van der Waals surface area contributed by atoms with Gasteiger partial charge in [0.25, 0.3) is 0 Å². The number of aliphatic imine (C=N–C) groups is 1. The molecule has 0 radical (unpaired) electrons. The van der Waals surface area contributed by atoms with E-state index in [9.17, 15) is 5.11 Å². The zero-order valence-corrected chi connectivity index (χ0v) is 13.2. The summed E-state index contributed by atoms with van der Waals surface area (Å²) in [5, 5.41) is 11.0. The van der Waals surface area contributed by atoms with Crippen molar-refractivity contribution < 1.29 is 5.11 Å². The molecule has 0 aliphatic heterocycles. The van der Waals surface area contributed by atoms with Crippen molar-refractivity contribution in [2.24, 2.45) is 4.99 Å². The van der Waals surface area contributed by atoms with Crippen LogP contribution in [0, 0.1) is 0 Å². The highest BCUT2D eigenvalue weighted by molar-refractivity contribution is 9.10. The summed E-state index contributed by atoms with van der Waals surface area (Å²) in [5.41, 5.74) is 1.13. The van der Waals surface area contributed by atoms with Gasteiger partial charge >= 0.3 is 0 Å². The van der Waals surface area contributed by atoms with Crippen molar-refractivity contribution in [3.8, 4) is 5.75 Å². The molecule has 0 amide bonds. The maximum atomic E-state index is 9.81. The first-order chi connectivity index (χ1) is 8.97. The molecule has 0 bridgehead atoms. The highest BCUT2D eigenvalue weighted by atomic mass is 79.9. The Hall–Kier alpha value is -0.740. The molecule has 1 N–H and O–H groups in total. The van der Waals surface area contributed by atoms with Crippen molar-refractivity contribution >= 4 is 62.6 Å². The molecular weight excluding hydrogens is 372 g/mol. The first-order valence-corrected chi connectivity index (χ1v) is 7.07. The second-order valence-electron chi connectivity index (χ2n) is 3.68. The van der Waals surface area contributed by atoms with Crippen LogP contribution in [-0.4, -0.2) is 11.3 Å². The summed E-state index contributed by atoms with van der Waals surface area (Å²) >= 11 is 20.9. The number of rotatable bonds is 2. The van der Waals surface area contributed by atoms with E-state index in [-0.39, 0.29) is 10.8 Å². The second kappa shape index (κ2) is 6.14. The number of hydrogen-bond donors (Lipinski definition) is 1. The molecule has 2 nitrogen and oxygen atoms in total. The van der Waals surface area contributed by atoms with Gasteiger partial charge < -0.3 is 5.11 Å². The quantitative estimate of drug-likeness (QED) is 0.651. The molecule has 0 saturated heterocycles. The van der Waals surface area contributed by atoms with Gasteiger partial charge in [0.05, 0.1) is 20.8 Å². The number of nitrogens with zero attached hydrogens (tertiary/aromatic N) is 1. The smallest absolute Gasteiger partial charge is 0.143 e. The van der Waals surface area contributed by atoms with Crippen molar-refractivity contribution in [2.45, 2.75) is 0 Å². The lowest BCUT2D eigenvalue weighted by Crippen LogP contribution is -1.84. The van der Waals surface area contributed by atoms with Gasteiger partial charge in [-0.15, -0.1) is 0 Å². The van der Waals surface area contributed by atoms with E-state index in [2.05, 4.69) is 20.9 Å². The van der Waals surface area contributed by atoms with E-state index in [1.54, 1.807) is 30.3 Å². The molecule has 0 fully saturated rings. The molecule has 0 aliphatic rings. The Balaban J connectivity index is 2.35. The fraction of sp³-hybridized carbons (Fsp3) is 0. The summed E-state index contributed by atoms with van der Waals surface area (Å²) in [6.07, 6.45) is 1.51. The van der Waals surface area contributed by atoms with Crippen molar-refractivity contribution in [3.63, 3.8) is 0 Å². The zero-order chi connectivity index (χ0) is 14.0. The van der Waals surface area contributed by atoms with Crippen molar-refractivity contribution in [1.29, 1.82) is 0 Å². The predicted molar refractivity (Wildman–Crippen MR) is 84.5 cm³/mol. The average molecular weight is 379 g/mol. The van der Waals surface area contributed by atoms with Gasteiger partial charge in [0.2, 0.25) is 0 Å². The fourth-order valence-corrected chi connectivity index (χ4v) is 2.52. The van der Waals surface area contributed by atoms with Crippen LogP contribution in [0.2, 0.25) is 15.1 Å². The molecule has 0 aromatic heterocycles. The normalized spacial score (nSPS) is 11.2. The molecule has 2 rings (SSSR count). The average Bonchev–Trinajstić information content (AvgIpc) is 2.36. The maximum absolute atomic E-state index is 9.81. The molecule has 2 aromatic rings. The third kappa shape index (κ3) is 3.63. The van der Waals surface area contributed by atoms with Gasteiger partial charge in [-0.05, 0) is 30.3 Å². The Morgan fingerprint density at radius 2 is 1.74 bits per heavy atom. The zero-order valence-electron chi connectivity index (χ0n) is 9.37. The molecule has 2 aromatic carbocycles. The van der Waals surface area contributed by atoms with Crippen molar-refractivity contribution in [3.05, 3.63) is 55.4 Å². The topological polar surface area (TPSA) is 32.6 Å². The van der Waals surface area contributed by atoms with Gasteiger partial charge in [-0.3, -0.25) is 4.99 Å². The maximum Gasteiger partial charge on any atom is 0.143 e. The van der Waals surface area contributed by atoms with Gasteiger partial charge in [-0.1, -0.05) is 50.7 Å². The van der Waals surface area contributed by atoms with E-state index in [1.165, 1.54) is 6.21 Å². The third-order valence-corrected chi connectivity index (χ3v) is 3.80. The minimum Gasteiger partial charge on any atom is -0.506 e. The number of benzene rings is 2. The Kier molecular flexibility index (Phi) is 4.74. The van der Waals surface area contributed by atoms with Crippen LogP contribution in [0.1, 0.15) is 5.56 Å². The monoisotopic (exact) mass is 377 g/mol. The second-order valence-corrected chi connectivity index (χ2v) is 5.82. The summed E-state index contributed by atoms with van der Waals surface area (Å²) in [6.45, 7) is 0. The van der Waals surface area contributed by atoms with Crippen LogP contribution in [0.15, 0.2) is 39.8 Å². The van der Waals surface area contributed by atoms with Crippen LogP contribution >= 0.6 is 50.7 Å². The highest BCUT2D eigenvalue weighted by Gasteiger charge is 2.05. The molecule has 0 spiro atoms. The number of halogens is 4.